The Hall–Kier alpha value is -3.46. The number of carbonyl (C=O) groups is 3. The topological polar surface area (TPSA) is 122 Å². The van der Waals surface area contributed by atoms with Gasteiger partial charge in [0.05, 0.1) is 10.8 Å². The monoisotopic (exact) mass is 416 g/mol. The molecule has 2 N–H and O–H groups in total. The quantitative estimate of drug-likeness (QED) is 0.572. The van der Waals surface area contributed by atoms with E-state index in [1.54, 1.807) is 24.3 Å². The summed E-state index contributed by atoms with van der Waals surface area (Å²) >= 11 is 5.77. The van der Waals surface area contributed by atoms with Crippen LogP contribution in [-0.2, 0) is 14.4 Å². The molecule has 0 aliphatic carbocycles. The minimum atomic E-state index is -0.635. The number of benzene rings is 2. The Morgan fingerprint density at radius 2 is 1.79 bits per heavy atom. The number of nitrogens with one attached hydrogen (secondary N) is 2. The van der Waals surface area contributed by atoms with Crippen LogP contribution in [0.4, 0.5) is 22.7 Å². The summed E-state index contributed by atoms with van der Waals surface area (Å²) in [7, 11) is 0. The lowest BCUT2D eigenvalue weighted by atomic mass is 10.1. The van der Waals surface area contributed by atoms with Crippen LogP contribution in [-0.4, -0.2) is 29.2 Å². The zero-order valence-electron chi connectivity index (χ0n) is 15.3. The van der Waals surface area contributed by atoms with Gasteiger partial charge in [-0.1, -0.05) is 11.6 Å². The summed E-state index contributed by atoms with van der Waals surface area (Å²) in [5.74, 6) is -1.42. The van der Waals surface area contributed by atoms with Gasteiger partial charge in [-0.15, -0.1) is 0 Å². The van der Waals surface area contributed by atoms with E-state index in [4.69, 9.17) is 11.6 Å². The lowest BCUT2D eigenvalue weighted by molar-refractivity contribution is -0.384. The van der Waals surface area contributed by atoms with Gasteiger partial charge in [0.2, 0.25) is 17.7 Å². The van der Waals surface area contributed by atoms with E-state index in [9.17, 15) is 24.5 Å². The second-order valence-corrected chi connectivity index (χ2v) is 6.95. The van der Waals surface area contributed by atoms with E-state index < -0.39 is 16.7 Å². The Balaban J connectivity index is 1.68. The van der Waals surface area contributed by atoms with Crippen molar-refractivity contribution in [2.24, 2.45) is 5.92 Å². The molecule has 1 aliphatic rings. The van der Waals surface area contributed by atoms with Crippen molar-refractivity contribution in [3.63, 3.8) is 0 Å². The van der Waals surface area contributed by atoms with E-state index in [0.717, 1.165) is 0 Å². The molecule has 1 unspecified atom stereocenters. The van der Waals surface area contributed by atoms with E-state index in [0.29, 0.717) is 11.4 Å². The molecule has 3 amide bonds. The zero-order chi connectivity index (χ0) is 21.1. The third kappa shape index (κ3) is 4.69. The van der Waals surface area contributed by atoms with Crippen molar-refractivity contribution < 1.29 is 19.3 Å². The molecule has 1 heterocycles. The van der Waals surface area contributed by atoms with Crippen LogP contribution in [0.2, 0.25) is 5.02 Å². The average Bonchev–Trinajstić information content (AvgIpc) is 3.05. The first kappa shape index (κ1) is 20.3. The van der Waals surface area contributed by atoms with Crippen molar-refractivity contribution >= 4 is 52.1 Å². The Morgan fingerprint density at radius 3 is 2.41 bits per heavy atom. The Kier molecular flexibility index (Phi) is 5.79. The summed E-state index contributed by atoms with van der Waals surface area (Å²) < 4.78 is 0. The zero-order valence-corrected chi connectivity index (χ0v) is 16.1. The van der Waals surface area contributed by atoms with Gasteiger partial charge in [0.25, 0.3) is 5.69 Å². The summed E-state index contributed by atoms with van der Waals surface area (Å²) in [6.07, 6.45) is 0.0228. The number of carbonyl (C=O) groups excluding carboxylic acids is 3. The van der Waals surface area contributed by atoms with Gasteiger partial charge in [0, 0.05) is 43.0 Å². The fourth-order valence-electron chi connectivity index (χ4n) is 3.04. The standard InChI is InChI=1S/C19H17ClN4O5/c1-11(25)21-13-2-5-15(6-3-13)23-10-12(8-18(23)26)19(27)22-14-4-7-16(20)17(9-14)24(28)29/h2-7,9,12H,8,10H2,1H3,(H,21,25)(H,22,27). The number of anilines is 3. The number of halogens is 1. The summed E-state index contributed by atoms with van der Waals surface area (Å²) in [5.41, 5.74) is 1.14. The molecular formula is C19H17ClN4O5. The van der Waals surface area contributed by atoms with E-state index in [-0.39, 0.29) is 41.2 Å². The van der Waals surface area contributed by atoms with Crippen LogP contribution >= 0.6 is 11.6 Å². The molecule has 2 aromatic rings. The Morgan fingerprint density at radius 1 is 1.14 bits per heavy atom. The number of nitro groups is 1. The van der Waals surface area contributed by atoms with Crippen molar-refractivity contribution in [1.29, 1.82) is 0 Å². The van der Waals surface area contributed by atoms with Crippen LogP contribution in [0, 0.1) is 16.0 Å². The number of hydrogen-bond donors (Lipinski definition) is 2. The molecule has 0 saturated carbocycles. The minimum Gasteiger partial charge on any atom is -0.326 e. The predicted molar refractivity (Wildman–Crippen MR) is 108 cm³/mol. The summed E-state index contributed by atoms with van der Waals surface area (Å²) in [4.78, 5) is 47.8. The van der Waals surface area contributed by atoms with Crippen LogP contribution in [0.15, 0.2) is 42.5 Å². The SMILES string of the molecule is CC(=O)Nc1ccc(N2CC(C(=O)Nc3ccc(Cl)c([N+](=O)[O-])c3)CC2=O)cc1. The molecule has 1 atom stereocenters. The average molecular weight is 417 g/mol. The first-order valence-corrected chi connectivity index (χ1v) is 9.05. The molecule has 1 fully saturated rings. The van der Waals surface area contributed by atoms with Gasteiger partial charge in [0.1, 0.15) is 5.02 Å². The Bertz CT molecular complexity index is 993. The number of nitrogens with zero attached hydrogens (tertiary/aromatic N) is 2. The number of nitro benzene ring substituents is 1. The summed E-state index contributed by atoms with van der Waals surface area (Å²) in [6, 6.07) is 10.7. The molecule has 0 radical (unpaired) electrons. The highest BCUT2D eigenvalue weighted by Crippen LogP contribution is 2.30. The molecule has 0 bridgehead atoms. The third-order valence-electron chi connectivity index (χ3n) is 4.41. The second kappa shape index (κ2) is 8.27. The van der Waals surface area contributed by atoms with Gasteiger partial charge in [-0.05, 0) is 36.4 Å². The fourth-order valence-corrected chi connectivity index (χ4v) is 3.22. The first-order chi connectivity index (χ1) is 13.7. The molecule has 0 aromatic heterocycles. The summed E-state index contributed by atoms with van der Waals surface area (Å²) in [6.45, 7) is 1.58. The van der Waals surface area contributed by atoms with Gasteiger partial charge in [-0.2, -0.15) is 0 Å². The van der Waals surface area contributed by atoms with Gasteiger partial charge >= 0.3 is 0 Å². The normalized spacial score (nSPS) is 15.9. The van der Waals surface area contributed by atoms with Gasteiger partial charge in [0.15, 0.2) is 0 Å². The molecule has 29 heavy (non-hydrogen) atoms. The van der Waals surface area contributed by atoms with Crippen molar-refractivity contribution in [3.05, 3.63) is 57.6 Å². The second-order valence-electron chi connectivity index (χ2n) is 6.55. The maximum atomic E-state index is 12.5. The van der Waals surface area contributed by atoms with Crippen molar-refractivity contribution in [3.8, 4) is 0 Å². The van der Waals surface area contributed by atoms with E-state index in [1.807, 2.05) is 0 Å². The molecular weight excluding hydrogens is 400 g/mol. The van der Waals surface area contributed by atoms with Crippen LogP contribution in [0.1, 0.15) is 13.3 Å². The minimum absolute atomic E-state index is 0.0228. The highest BCUT2D eigenvalue weighted by atomic mass is 35.5. The largest absolute Gasteiger partial charge is 0.326 e. The van der Waals surface area contributed by atoms with Crippen molar-refractivity contribution in [1.82, 2.24) is 0 Å². The van der Waals surface area contributed by atoms with E-state index in [1.165, 1.54) is 30.0 Å². The predicted octanol–water partition coefficient (Wildman–Crippen LogP) is 3.20. The lowest BCUT2D eigenvalue weighted by Gasteiger charge is -2.17. The lowest BCUT2D eigenvalue weighted by Crippen LogP contribution is -2.28. The number of hydrogen-bond acceptors (Lipinski definition) is 5. The summed E-state index contributed by atoms with van der Waals surface area (Å²) in [5, 5.41) is 16.2. The van der Waals surface area contributed by atoms with Crippen LogP contribution in [0.3, 0.4) is 0 Å². The van der Waals surface area contributed by atoms with Crippen LogP contribution in [0.5, 0.6) is 0 Å². The van der Waals surface area contributed by atoms with E-state index >= 15 is 0 Å². The maximum absolute atomic E-state index is 12.5. The maximum Gasteiger partial charge on any atom is 0.289 e. The van der Waals surface area contributed by atoms with Crippen molar-refractivity contribution in [2.45, 2.75) is 13.3 Å². The van der Waals surface area contributed by atoms with Gasteiger partial charge in [-0.25, -0.2) is 0 Å². The van der Waals surface area contributed by atoms with Crippen LogP contribution in [0.25, 0.3) is 0 Å². The highest BCUT2D eigenvalue weighted by molar-refractivity contribution is 6.32. The molecule has 9 nitrogen and oxygen atoms in total. The molecule has 10 heteroatoms. The molecule has 2 aromatic carbocycles. The molecule has 150 valence electrons. The molecule has 1 saturated heterocycles. The number of amides is 3. The highest BCUT2D eigenvalue weighted by Gasteiger charge is 2.35. The number of rotatable bonds is 5. The fraction of sp³-hybridized carbons (Fsp3) is 0.211. The smallest absolute Gasteiger partial charge is 0.289 e. The molecule has 0 spiro atoms. The van der Waals surface area contributed by atoms with Crippen molar-refractivity contribution in [2.75, 3.05) is 22.1 Å². The first-order valence-electron chi connectivity index (χ1n) is 8.67. The van der Waals surface area contributed by atoms with Gasteiger partial charge < -0.3 is 15.5 Å². The molecule has 3 rings (SSSR count). The third-order valence-corrected chi connectivity index (χ3v) is 4.73. The Labute approximate surface area is 170 Å². The molecule has 1 aliphatic heterocycles. The van der Waals surface area contributed by atoms with Crippen LogP contribution < -0.4 is 15.5 Å². The van der Waals surface area contributed by atoms with E-state index in [2.05, 4.69) is 10.6 Å². The van der Waals surface area contributed by atoms with Gasteiger partial charge in [-0.3, -0.25) is 24.5 Å².